The molecule has 0 atom stereocenters. The van der Waals surface area contributed by atoms with Crippen molar-refractivity contribution < 1.29 is 22.7 Å². The largest absolute Gasteiger partial charge is 0.497 e. The van der Waals surface area contributed by atoms with Crippen LogP contribution < -0.4 is 19.1 Å². The Balaban J connectivity index is 1.82. The summed E-state index contributed by atoms with van der Waals surface area (Å²) in [7, 11) is -0.674. The molecule has 0 spiro atoms. The summed E-state index contributed by atoms with van der Waals surface area (Å²) < 4.78 is 38.4. The van der Waals surface area contributed by atoms with Gasteiger partial charge in [0.1, 0.15) is 11.5 Å². The zero-order chi connectivity index (χ0) is 19.4. The van der Waals surface area contributed by atoms with Gasteiger partial charge in [-0.3, -0.25) is 4.79 Å². The number of hydrogen-bond acceptors (Lipinski definition) is 5. The molecule has 2 aromatic carbocycles. The number of rotatable bonds is 7. The van der Waals surface area contributed by atoms with Crippen LogP contribution in [-0.2, 0) is 21.4 Å². The van der Waals surface area contributed by atoms with Crippen molar-refractivity contribution in [1.29, 1.82) is 0 Å². The van der Waals surface area contributed by atoms with Crippen molar-refractivity contribution >= 4 is 21.6 Å². The fourth-order valence-corrected chi connectivity index (χ4v) is 3.99. The Morgan fingerprint density at radius 3 is 2.41 bits per heavy atom. The molecule has 1 fully saturated rings. The maximum atomic E-state index is 12.7. The van der Waals surface area contributed by atoms with Crippen molar-refractivity contribution in [2.24, 2.45) is 0 Å². The van der Waals surface area contributed by atoms with Crippen LogP contribution in [0.25, 0.3) is 0 Å². The van der Waals surface area contributed by atoms with Crippen LogP contribution in [0.4, 0.5) is 5.69 Å². The molecule has 1 amide bonds. The number of nitrogens with one attached hydrogen (secondary N) is 1. The average molecular weight is 390 g/mol. The van der Waals surface area contributed by atoms with Gasteiger partial charge >= 0.3 is 0 Å². The molecule has 0 unspecified atom stereocenters. The number of hydrogen-bond donors (Lipinski definition) is 1. The number of carbonyl (C=O) groups excluding carboxylic acids is 1. The van der Waals surface area contributed by atoms with E-state index in [1.54, 1.807) is 42.3 Å². The standard InChI is InChI=1S/C19H22N2O5S/c1-25-15-7-5-14(6-8-15)13-20-27(23,24)16-9-10-18(26-2)17(12-16)21-11-3-4-19(21)22/h5-10,12,20H,3-4,11,13H2,1-2H3. The molecule has 1 heterocycles. The molecule has 27 heavy (non-hydrogen) atoms. The molecule has 1 N–H and O–H groups in total. The number of amides is 1. The second-order valence-corrected chi connectivity index (χ2v) is 7.92. The lowest BCUT2D eigenvalue weighted by molar-refractivity contribution is -0.117. The third kappa shape index (κ3) is 4.23. The normalized spacial score (nSPS) is 14.4. The third-order valence-electron chi connectivity index (χ3n) is 4.45. The first-order valence-electron chi connectivity index (χ1n) is 8.55. The number of anilines is 1. The Hall–Kier alpha value is -2.58. The molecule has 1 aliphatic heterocycles. The summed E-state index contributed by atoms with van der Waals surface area (Å²) in [5, 5.41) is 0. The predicted octanol–water partition coefficient (Wildman–Crippen LogP) is 2.31. The van der Waals surface area contributed by atoms with Crippen molar-refractivity contribution in [2.45, 2.75) is 24.3 Å². The summed E-state index contributed by atoms with van der Waals surface area (Å²) in [5.41, 5.74) is 1.29. The first kappa shape index (κ1) is 19.2. The van der Waals surface area contributed by atoms with Crippen molar-refractivity contribution in [2.75, 3.05) is 25.7 Å². The van der Waals surface area contributed by atoms with Gasteiger partial charge in [0, 0.05) is 19.5 Å². The van der Waals surface area contributed by atoms with Crippen LogP contribution >= 0.6 is 0 Å². The van der Waals surface area contributed by atoms with Gasteiger partial charge in [0.2, 0.25) is 15.9 Å². The highest BCUT2D eigenvalue weighted by Crippen LogP contribution is 2.33. The zero-order valence-corrected chi connectivity index (χ0v) is 16.1. The molecule has 8 heteroatoms. The van der Waals surface area contributed by atoms with E-state index in [1.165, 1.54) is 19.2 Å². The summed E-state index contributed by atoms with van der Waals surface area (Å²) in [6, 6.07) is 11.7. The van der Waals surface area contributed by atoms with Crippen LogP contribution in [0.5, 0.6) is 11.5 Å². The van der Waals surface area contributed by atoms with Crippen LogP contribution in [0.1, 0.15) is 18.4 Å². The van der Waals surface area contributed by atoms with Crippen LogP contribution in [-0.4, -0.2) is 35.1 Å². The van der Waals surface area contributed by atoms with Crippen LogP contribution in [0, 0.1) is 0 Å². The summed E-state index contributed by atoms with van der Waals surface area (Å²) in [6.45, 7) is 0.703. The lowest BCUT2D eigenvalue weighted by Gasteiger charge is -2.20. The molecular weight excluding hydrogens is 368 g/mol. The number of ether oxygens (including phenoxy) is 2. The van der Waals surface area contributed by atoms with E-state index < -0.39 is 10.0 Å². The smallest absolute Gasteiger partial charge is 0.240 e. The average Bonchev–Trinajstić information content (AvgIpc) is 3.12. The Morgan fingerprint density at radius 2 is 1.81 bits per heavy atom. The number of carbonyl (C=O) groups is 1. The van der Waals surface area contributed by atoms with E-state index in [9.17, 15) is 13.2 Å². The Labute approximate surface area is 158 Å². The molecule has 1 saturated heterocycles. The summed E-state index contributed by atoms with van der Waals surface area (Å²) in [6.07, 6.45) is 1.20. The number of methoxy groups -OCH3 is 2. The molecule has 0 bridgehead atoms. The zero-order valence-electron chi connectivity index (χ0n) is 15.3. The van der Waals surface area contributed by atoms with E-state index in [-0.39, 0.29) is 17.3 Å². The van der Waals surface area contributed by atoms with E-state index in [0.717, 1.165) is 12.0 Å². The minimum Gasteiger partial charge on any atom is -0.497 e. The molecule has 0 saturated carbocycles. The molecule has 3 rings (SSSR count). The number of sulfonamides is 1. The fourth-order valence-electron chi connectivity index (χ4n) is 2.96. The molecule has 2 aromatic rings. The Morgan fingerprint density at radius 1 is 1.07 bits per heavy atom. The highest BCUT2D eigenvalue weighted by Gasteiger charge is 2.26. The van der Waals surface area contributed by atoms with Gasteiger partial charge < -0.3 is 14.4 Å². The van der Waals surface area contributed by atoms with Crippen molar-refractivity contribution in [3.05, 3.63) is 48.0 Å². The lowest BCUT2D eigenvalue weighted by Crippen LogP contribution is -2.26. The van der Waals surface area contributed by atoms with Gasteiger partial charge in [0.05, 0.1) is 24.8 Å². The van der Waals surface area contributed by atoms with E-state index >= 15 is 0 Å². The molecule has 144 valence electrons. The van der Waals surface area contributed by atoms with Crippen molar-refractivity contribution in [3.8, 4) is 11.5 Å². The van der Waals surface area contributed by atoms with Gasteiger partial charge in [-0.15, -0.1) is 0 Å². The van der Waals surface area contributed by atoms with Gasteiger partial charge in [0.15, 0.2) is 0 Å². The predicted molar refractivity (Wildman–Crippen MR) is 102 cm³/mol. The van der Waals surface area contributed by atoms with E-state index in [1.807, 2.05) is 0 Å². The first-order valence-corrected chi connectivity index (χ1v) is 10.0. The van der Waals surface area contributed by atoms with Gasteiger partial charge in [0.25, 0.3) is 0 Å². The van der Waals surface area contributed by atoms with Gasteiger partial charge in [-0.2, -0.15) is 0 Å². The Bertz CT molecular complexity index is 926. The maximum absolute atomic E-state index is 12.7. The van der Waals surface area contributed by atoms with Crippen LogP contribution in [0.15, 0.2) is 47.4 Å². The first-order chi connectivity index (χ1) is 12.9. The summed E-state index contributed by atoms with van der Waals surface area (Å²) in [5.74, 6) is 1.14. The van der Waals surface area contributed by atoms with Crippen LogP contribution in [0.3, 0.4) is 0 Å². The molecular formula is C19H22N2O5S. The molecule has 1 aliphatic rings. The number of nitrogens with zero attached hydrogens (tertiary/aromatic N) is 1. The fraction of sp³-hybridized carbons (Fsp3) is 0.316. The van der Waals surface area contributed by atoms with Crippen molar-refractivity contribution in [3.63, 3.8) is 0 Å². The third-order valence-corrected chi connectivity index (χ3v) is 5.85. The van der Waals surface area contributed by atoms with Gasteiger partial charge in [-0.1, -0.05) is 12.1 Å². The molecule has 0 aromatic heterocycles. The summed E-state index contributed by atoms with van der Waals surface area (Å²) >= 11 is 0. The lowest BCUT2D eigenvalue weighted by atomic mass is 10.2. The second-order valence-electron chi connectivity index (χ2n) is 6.16. The SMILES string of the molecule is COc1ccc(CNS(=O)(=O)c2ccc(OC)c(N3CCCC3=O)c2)cc1. The van der Waals surface area contributed by atoms with Crippen LogP contribution in [0.2, 0.25) is 0 Å². The van der Waals surface area contributed by atoms with E-state index in [2.05, 4.69) is 4.72 Å². The highest BCUT2D eigenvalue weighted by molar-refractivity contribution is 7.89. The minimum absolute atomic E-state index is 0.0333. The van der Waals surface area contributed by atoms with E-state index in [0.29, 0.717) is 30.2 Å². The maximum Gasteiger partial charge on any atom is 0.240 e. The minimum atomic E-state index is -3.74. The van der Waals surface area contributed by atoms with E-state index in [4.69, 9.17) is 9.47 Å². The van der Waals surface area contributed by atoms with Gasteiger partial charge in [-0.25, -0.2) is 13.1 Å². The molecule has 7 nitrogen and oxygen atoms in total. The number of benzene rings is 2. The Kier molecular flexibility index (Phi) is 5.67. The van der Waals surface area contributed by atoms with Gasteiger partial charge in [-0.05, 0) is 42.3 Å². The summed E-state index contributed by atoms with van der Waals surface area (Å²) in [4.78, 5) is 13.7. The highest BCUT2D eigenvalue weighted by atomic mass is 32.2. The molecule has 0 aliphatic carbocycles. The topological polar surface area (TPSA) is 84.9 Å². The molecule has 0 radical (unpaired) electrons. The van der Waals surface area contributed by atoms with Crippen molar-refractivity contribution in [1.82, 2.24) is 4.72 Å². The second kappa shape index (κ2) is 7.98. The quantitative estimate of drug-likeness (QED) is 0.784. The monoisotopic (exact) mass is 390 g/mol.